The topological polar surface area (TPSA) is 6.48 Å². The average molecular weight is 517 g/mol. The van der Waals surface area contributed by atoms with Gasteiger partial charge in [0, 0.05) is 37.8 Å². The van der Waals surface area contributed by atoms with Crippen molar-refractivity contribution in [2.24, 2.45) is 0 Å². The molecule has 0 spiro atoms. The van der Waals surface area contributed by atoms with E-state index in [9.17, 15) is 0 Å². The van der Waals surface area contributed by atoms with E-state index in [0.717, 1.165) is 25.9 Å². The van der Waals surface area contributed by atoms with E-state index in [1.54, 1.807) is 0 Å². The molecule has 0 radical (unpaired) electrons. The summed E-state index contributed by atoms with van der Waals surface area (Å²) in [6, 6.07) is 22.5. The van der Waals surface area contributed by atoms with Gasteiger partial charge in [-0.25, -0.2) is 0 Å². The zero-order valence-corrected chi connectivity index (χ0v) is 24.9. The minimum absolute atomic E-state index is 0.0505. The Morgan fingerprint density at radius 1 is 0.553 bits per heavy atom. The molecule has 0 aliphatic carbocycles. The van der Waals surface area contributed by atoms with E-state index in [-0.39, 0.29) is 5.66 Å². The van der Waals surface area contributed by atoms with Crippen molar-refractivity contribution >= 4 is 0 Å². The Balaban J connectivity index is 1.69. The second-order valence-electron chi connectivity index (χ2n) is 11.5. The predicted molar refractivity (Wildman–Crippen MR) is 166 cm³/mol. The van der Waals surface area contributed by atoms with Crippen molar-refractivity contribution in [3.63, 3.8) is 0 Å². The molecular formula is C36H56N2. The number of hydrogen-bond acceptors (Lipinski definition) is 2. The fourth-order valence-corrected chi connectivity index (χ4v) is 6.53. The summed E-state index contributed by atoms with van der Waals surface area (Å²) < 4.78 is 0. The normalized spacial score (nSPS) is 17.9. The van der Waals surface area contributed by atoms with E-state index < -0.39 is 0 Å². The van der Waals surface area contributed by atoms with Gasteiger partial charge in [-0.05, 0) is 30.4 Å². The van der Waals surface area contributed by atoms with Crippen LogP contribution in [0.5, 0.6) is 0 Å². The van der Waals surface area contributed by atoms with Crippen LogP contribution in [-0.4, -0.2) is 28.6 Å². The molecule has 210 valence electrons. The number of nitrogens with zero attached hydrogens (tertiary/aromatic N) is 2. The van der Waals surface area contributed by atoms with Crippen LogP contribution >= 0.6 is 0 Å². The van der Waals surface area contributed by atoms with Gasteiger partial charge in [-0.2, -0.15) is 0 Å². The zero-order valence-electron chi connectivity index (χ0n) is 24.9. The highest BCUT2D eigenvalue weighted by Crippen LogP contribution is 2.45. The molecule has 38 heavy (non-hydrogen) atoms. The van der Waals surface area contributed by atoms with Crippen molar-refractivity contribution in [1.29, 1.82) is 0 Å². The molecule has 0 N–H and O–H groups in total. The van der Waals surface area contributed by atoms with Crippen LogP contribution in [0.3, 0.4) is 0 Å². The molecule has 2 unspecified atom stereocenters. The monoisotopic (exact) mass is 516 g/mol. The van der Waals surface area contributed by atoms with Crippen LogP contribution in [0.15, 0.2) is 73.1 Å². The smallest absolute Gasteiger partial charge is 0.123 e. The molecular weight excluding hydrogens is 460 g/mol. The first-order valence-electron chi connectivity index (χ1n) is 16.1. The molecule has 0 amide bonds. The summed E-state index contributed by atoms with van der Waals surface area (Å²) in [4.78, 5) is 5.45. The summed E-state index contributed by atoms with van der Waals surface area (Å²) in [6.45, 7) is 9.28. The molecule has 2 aromatic rings. The molecule has 1 heterocycles. The van der Waals surface area contributed by atoms with E-state index in [2.05, 4.69) is 104 Å². The lowest BCUT2D eigenvalue weighted by molar-refractivity contribution is -0.00355. The van der Waals surface area contributed by atoms with E-state index >= 15 is 0 Å². The summed E-state index contributed by atoms with van der Waals surface area (Å²) in [5, 5.41) is 0. The molecule has 2 aromatic carbocycles. The third-order valence-corrected chi connectivity index (χ3v) is 8.65. The molecule has 2 heteroatoms. The van der Waals surface area contributed by atoms with Crippen LogP contribution in [0.4, 0.5) is 0 Å². The molecule has 1 aliphatic rings. The second-order valence-corrected chi connectivity index (χ2v) is 11.5. The number of rotatable bonds is 20. The van der Waals surface area contributed by atoms with Gasteiger partial charge in [-0.1, -0.05) is 152 Å². The molecule has 3 rings (SSSR count). The first-order chi connectivity index (χ1) is 18.8. The van der Waals surface area contributed by atoms with E-state index in [0.29, 0.717) is 5.92 Å². The number of hydrogen-bond donors (Lipinski definition) is 0. The molecule has 0 saturated heterocycles. The highest BCUT2D eigenvalue weighted by Gasteiger charge is 2.49. The predicted octanol–water partition coefficient (Wildman–Crippen LogP) is 10.3. The minimum atomic E-state index is -0.0505. The Kier molecular flexibility index (Phi) is 13.9. The van der Waals surface area contributed by atoms with Crippen molar-refractivity contribution in [2.45, 2.75) is 129 Å². The van der Waals surface area contributed by atoms with Crippen LogP contribution in [0.1, 0.15) is 128 Å². The summed E-state index contributed by atoms with van der Waals surface area (Å²) >= 11 is 0. The van der Waals surface area contributed by atoms with Crippen molar-refractivity contribution in [3.05, 3.63) is 84.2 Å². The maximum Gasteiger partial charge on any atom is 0.123 e. The van der Waals surface area contributed by atoms with Crippen LogP contribution in [0, 0.1) is 0 Å². The van der Waals surface area contributed by atoms with Gasteiger partial charge >= 0.3 is 0 Å². The van der Waals surface area contributed by atoms with Crippen LogP contribution in [0.2, 0.25) is 0 Å². The fourth-order valence-electron chi connectivity index (χ4n) is 6.53. The molecule has 0 bridgehead atoms. The van der Waals surface area contributed by atoms with Gasteiger partial charge in [0.15, 0.2) is 0 Å². The van der Waals surface area contributed by atoms with Crippen LogP contribution in [-0.2, 0) is 6.42 Å². The SMILES string of the molecule is CCCCCCCCCCCCCN1C=CN(CCCC)C1(Cc1ccccc1)C(CC)c1ccccc1. The molecule has 1 aliphatic heterocycles. The molecule has 0 saturated carbocycles. The summed E-state index contributed by atoms with van der Waals surface area (Å²) in [6.07, 6.45) is 24.8. The number of benzene rings is 2. The van der Waals surface area contributed by atoms with Crippen LogP contribution < -0.4 is 0 Å². The molecule has 2 atom stereocenters. The highest BCUT2D eigenvalue weighted by atomic mass is 15.4. The lowest BCUT2D eigenvalue weighted by atomic mass is 9.78. The first-order valence-corrected chi connectivity index (χ1v) is 16.1. The van der Waals surface area contributed by atoms with Gasteiger partial charge < -0.3 is 9.80 Å². The maximum atomic E-state index is 2.74. The van der Waals surface area contributed by atoms with Crippen molar-refractivity contribution in [3.8, 4) is 0 Å². The largest absolute Gasteiger partial charge is 0.353 e. The third kappa shape index (κ3) is 8.65. The van der Waals surface area contributed by atoms with E-state index in [1.807, 2.05) is 0 Å². The maximum absolute atomic E-state index is 2.74. The highest BCUT2D eigenvalue weighted by molar-refractivity contribution is 5.30. The van der Waals surface area contributed by atoms with Crippen molar-refractivity contribution in [2.75, 3.05) is 13.1 Å². The lowest BCUT2D eigenvalue weighted by Gasteiger charge is -2.51. The Labute approximate surface area is 235 Å². The van der Waals surface area contributed by atoms with Crippen LogP contribution in [0.25, 0.3) is 0 Å². The average Bonchev–Trinajstić information content (AvgIpc) is 3.28. The Morgan fingerprint density at radius 3 is 1.55 bits per heavy atom. The fraction of sp³-hybridized carbons (Fsp3) is 0.611. The van der Waals surface area contributed by atoms with Crippen molar-refractivity contribution < 1.29 is 0 Å². The Morgan fingerprint density at radius 2 is 1.03 bits per heavy atom. The summed E-state index contributed by atoms with van der Waals surface area (Å²) in [7, 11) is 0. The quantitative estimate of drug-likeness (QED) is 0.161. The third-order valence-electron chi connectivity index (χ3n) is 8.65. The van der Waals surface area contributed by atoms with E-state index in [4.69, 9.17) is 0 Å². The molecule has 0 aromatic heterocycles. The number of unbranched alkanes of at least 4 members (excludes halogenated alkanes) is 11. The summed E-state index contributed by atoms with van der Waals surface area (Å²) in [5.74, 6) is 0.448. The Hall–Kier alpha value is -2.22. The first kappa shape index (κ1) is 30.3. The van der Waals surface area contributed by atoms with Gasteiger partial charge in [-0.15, -0.1) is 0 Å². The standard InChI is InChI=1S/C36H56N2/c1-4-7-9-10-11-12-13-14-15-16-23-29-38-31-30-37(28-8-5-2)36(38,32-33-24-19-17-20-25-33)35(6-3)34-26-21-18-22-27-34/h17-22,24-27,30-31,35H,4-16,23,28-29,32H2,1-3H3. The Bertz CT molecular complexity index is 877. The van der Waals surface area contributed by atoms with Gasteiger partial charge in [0.25, 0.3) is 0 Å². The summed E-state index contributed by atoms with van der Waals surface area (Å²) in [5.41, 5.74) is 2.86. The minimum Gasteiger partial charge on any atom is -0.353 e. The van der Waals surface area contributed by atoms with Gasteiger partial charge in [0.2, 0.25) is 0 Å². The second kappa shape index (κ2) is 17.4. The van der Waals surface area contributed by atoms with Gasteiger partial charge in [-0.3, -0.25) is 0 Å². The molecule has 2 nitrogen and oxygen atoms in total. The zero-order chi connectivity index (χ0) is 26.9. The van der Waals surface area contributed by atoms with E-state index in [1.165, 1.54) is 94.6 Å². The van der Waals surface area contributed by atoms with Gasteiger partial charge in [0.1, 0.15) is 5.66 Å². The van der Waals surface area contributed by atoms with Gasteiger partial charge in [0.05, 0.1) is 0 Å². The lowest BCUT2D eigenvalue weighted by Crippen LogP contribution is -2.59. The van der Waals surface area contributed by atoms with Crippen molar-refractivity contribution in [1.82, 2.24) is 9.80 Å². The molecule has 0 fully saturated rings.